The van der Waals surface area contributed by atoms with Crippen molar-refractivity contribution in [2.75, 3.05) is 31.9 Å². The van der Waals surface area contributed by atoms with Crippen LogP contribution in [0.2, 0.25) is 0 Å². The molecule has 3 fully saturated rings. The highest BCUT2D eigenvalue weighted by Gasteiger charge is 2.44. The summed E-state index contributed by atoms with van der Waals surface area (Å²) in [7, 11) is 1.89. The number of thioether (sulfide) groups is 1. The van der Waals surface area contributed by atoms with Crippen LogP contribution in [0.1, 0.15) is 25.7 Å². The molecule has 0 aromatic carbocycles. The van der Waals surface area contributed by atoms with Gasteiger partial charge in [0.15, 0.2) is 5.16 Å². The summed E-state index contributed by atoms with van der Waals surface area (Å²) in [5, 5.41) is 19.2. The Morgan fingerprint density at radius 3 is 2.68 bits per heavy atom. The van der Waals surface area contributed by atoms with E-state index in [1.165, 1.54) is 24.6 Å². The van der Waals surface area contributed by atoms with E-state index in [2.05, 4.69) is 15.1 Å². The number of hydrogen-bond acceptors (Lipinski definition) is 6. The van der Waals surface area contributed by atoms with Crippen LogP contribution in [-0.4, -0.2) is 79.7 Å². The summed E-state index contributed by atoms with van der Waals surface area (Å²) in [5.41, 5.74) is 0. The Morgan fingerprint density at radius 1 is 1.28 bits per heavy atom. The lowest BCUT2D eigenvalue weighted by atomic mass is 9.77. The molecule has 2 aliphatic heterocycles. The Bertz CT molecular complexity index is 618. The monoisotopic (exact) mass is 365 g/mol. The highest BCUT2D eigenvalue weighted by Crippen LogP contribution is 2.39. The summed E-state index contributed by atoms with van der Waals surface area (Å²) in [4.78, 5) is 17.1. The van der Waals surface area contributed by atoms with E-state index in [4.69, 9.17) is 0 Å². The van der Waals surface area contributed by atoms with Gasteiger partial charge in [-0.05, 0) is 50.6 Å². The minimum atomic E-state index is -0.234. The van der Waals surface area contributed by atoms with E-state index in [0.29, 0.717) is 23.6 Å². The lowest BCUT2D eigenvalue weighted by molar-refractivity contribution is -0.127. The third-order valence-electron chi connectivity index (χ3n) is 6.07. The van der Waals surface area contributed by atoms with Gasteiger partial charge in [-0.25, -0.2) is 0 Å². The van der Waals surface area contributed by atoms with E-state index in [9.17, 15) is 9.90 Å². The zero-order valence-corrected chi connectivity index (χ0v) is 15.6. The Hall–Kier alpha value is -1.12. The Balaban J connectivity index is 1.32. The number of aliphatic hydroxyl groups is 1. The topological polar surface area (TPSA) is 74.5 Å². The van der Waals surface area contributed by atoms with Crippen LogP contribution in [0.25, 0.3) is 0 Å². The van der Waals surface area contributed by atoms with Crippen LogP contribution in [0.4, 0.5) is 0 Å². The van der Waals surface area contributed by atoms with Gasteiger partial charge < -0.3 is 14.6 Å². The smallest absolute Gasteiger partial charge is 0.233 e. The van der Waals surface area contributed by atoms with Crippen molar-refractivity contribution in [3.8, 4) is 0 Å². The van der Waals surface area contributed by atoms with Crippen molar-refractivity contribution in [1.82, 2.24) is 24.6 Å². The molecular formula is C17H27N5O2S. The van der Waals surface area contributed by atoms with Crippen molar-refractivity contribution in [1.29, 1.82) is 0 Å². The Labute approximate surface area is 152 Å². The number of carbonyl (C=O) groups is 1. The zero-order chi connectivity index (χ0) is 17.4. The lowest BCUT2D eigenvalue weighted by Crippen LogP contribution is -2.48. The maximum Gasteiger partial charge on any atom is 0.233 e. The molecule has 3 heterocycles. The SMILES string of the molecule is Cn1cnnc1SCC(=O)N1C[C@H]2C[C@@H](N3CCCC3)[C@H](O)C[C@H]2C1. The second-order valence-corrected chi connectivity index (χ2v) is 8.62. The van der Waals surface area contributed by atoms with Crippen molar-refractivity contribution in [2.24, 2.45) is 18.9 Å². The summed E-state index contributed by atoms with van der Waals surface area (Å²) in [5.74, 6) is 1.58. The highest BCUT2D eigenvalue weighted by atomic mass is 32.2. The molecule has 7 nitrogen and oxygen atoms in total. The molecule has 3 aliphatic rings. The van der Waals surface area contributed by atoms with Crippen molar-refractivity contribution in [3.05, 3.63) is 6.33 Å². The van der Waals surface area contributed by atoms with Gasteiger partial charge in [-0.2, -0.15) is 0 Å². The second-order valence-electron chi connectivity index (χ2n) is 7.68. The lowest BCUT2D eigenvalue weighted by Gasteiger charge is -2.40. The van der Waals surface area contributed by atoms with Gasteiger partial charge in [0.1, 0.15) is 6.33 Å². The van der Waals surface area contributed by atoms with Crippen LogP contribution >= 0.6 is 11.8 Å². The molecule has 1 saturated carbocycles. The number of rotatable bonds is 4. The van der Waals surface area contributed by atoms with Gasteiger partial charge in [-0.3, -0.25) is 9.69 Å². The van der Waals surface area contributed by atoms with Crippen molar-refractivity contribution in [2.45, 2.75) is 43.0 Å². The van der Waals surface area contributed by atoms with Crippen molar-refractivity contribution >= 4 is 17.7 Å². The number of aliphatic hydroxyl groups excluding tert-OH is 1. The van der Waals surface area contributed by atoms with E-state index in [0.717, 1.165) is 44.2 Å². The molecule has 4 atom stereocenters. The largest absolute Gasteiger partial charge is 0.391 e. The van der Waals surface area contributed by atoms with Gasteiger partial charge in [0.2, 0.25) is 5.91 Å². The number of aromatic nitrogens is 3. The molecule has 2 saturated heterocycles. The molecule has 25 heavy (non-hydrogen) atoms. The van der Waals surface area contributed by atoms with Crippen molar-refractivity contribution < 1.29 is 9.90 Å². The number of hydrogen-bond donors (Lipinski definition) is 1. The summed E-state index contributed by atoms with van der Waals surface area (Å²) >= 11 is 1.44. The van der Waals surface area contributed by atoms with Crippen LogP contribution in [0.15, 0.2) is 11.5 Å². The maximum atomic E-state index is 12.6. The minimum absolute atomic E-state index is 0.176. The molecule has 0 spiro atoms. The van der Waals surface area contributed by atoms with Crippen LogP contribution in [0, 0.1) is 11.8 Å². The summed E-state index contributed by atoms with van der Waals surface area (Å²) in [6.07, 6.45) is 5.79. The number of fused-ring (bicyclic) bond motifs is 1. The number of amides is 1. The van der Waals surface area contributed by atoms with Crippen molar-refractivity contribution in [3.63, 3.8) is 0 Å². The van der Waals surface area contributed by atoms with Crippen LogP contribution in [0.3, 0.4) is 0 Å². The number of carbonyl (C=O) groups excluding carboxylic acids is 1. The fourth-order valence-electron chi connectivity index (χ4n) is 4.70. The van der Waals surface area contributed by atoms with Gasteiger partial charge >= 0.3 is 0 Å². The number of likely N-dealkylation sites (tertiary alicyclic amines) is 2. The third-order valence-corrected chi connectivity index (χ3v) is 7.09. The summed E-state index contributed by atoms with van der Waals surface area (Å²) in [6.45, 7) is 3.89. The first kappa shape index (κ1) is 17.3. The molecule has 0 unspecified atom stereocenters. The van der Waals surface area contributed by atoms with Crippen LogP contribution < -0.4 is 0 Å². The van der Waals surface area contributed by atoms with E-state index in [1.54, 1.807) is 6.33 Å². The zero-order valence-electron chi connectivity index (χ0n) is 14.8. The fourth-order valence-corrected chi connectivity index (χ4v) is 5.49. The van der Waals surface area contributed by atoms with E-state index in [-0.39, 0.29) is 12.0 Å². The molecule has 0 radical (unpaired) electrons. The fraction of sp³-hybridized carbons (Fsp3) is 0.824. The maximum absolute atomic E-state index is 12.6. The quantitative estimate of drug-likeness (QED) is 0.788. The third kappa shape index (κ3) is 3.57. The normalized spacial score (nSPS) is 33.0. The summed E-state index contributed by atoms with van der Waals surface area (Å²) in [6, 6.07) is 0.298. The Morgan fingerprint density at radius 2 is 2.00 bits per heavy atom. The van der Waals surface area contributed by atoms with E-state index >= 15 is 0 Å². The molecule has 1 N–H and O–H groups in total. The molecule has 1 aromatic heterocycles. The first-order valence-corrected chi connectivity index (χ1v) is 10.3. The average Bonchev–Trinajstić information content (AvgIpc) is 3.32. The van der Waals surface area contributed by atoms with Gasteiger partial charge in [0.05, 0.1) is 11.9 Å². The second kappa shape index (κ2) is 7.25. The molecule has 1 aliphatic carbocycles. The highest BCUT2D eigenvalue weighted by molar-refractivity contribution is 7.99. The molecule has 8 heteroatoms. The molecule has 1 amide bonds. The van der Waals surface area contributed by atoms with Gasteiger partial charge in [0.25, 0.3) is 0 Å². The van der Waals surface area contributed by atoms with Gasteiger partial charge in [0, 0.05) is 26.2 Å². The predicted octanol–water partition coefficient (Wildman–Crippen LogP) is 0.601. The van der Waals surface area contributed by atoms with E-state index < -0.39 is 0 Å². The number of aryl methyl sites for hydroxylation is 1. The molecule has 0 bridgehead atoms. The molecule has 4 rings (SSSR count). The standard InChI is InChI=1S/C17H27N5O2S/c1-20-11-18-19-17(20)25-10-16(24)22-8-12-6-14(21-4-2-3-5-21)15(23)7-13(12)9-22/h11-15,23H,2-10H2,1H3/t12-,13+,14-,15-/m1/s1. The van der Waals surface area contributed by atoms with E-state index in [1.807, 2.05) is 16.5 Å². The predicted molar refractivity (Wildman–Crippen MR) is 95.1 cm³/mol. The molecular weight excluding hydrogens is 338 g/mol. The first-order chi connectivity index (χ1) is 12.1. The molecule has 138 valence electrons. The van der Waals surface area contributed by atoms with Crippen LogP contribution in [-0.2, 0) is 11.8 Å². The Kier molecular flexibility index (Phi) is 5.01. The average molecular weight is 366 g/mol. The van der Waals surface area contributed by atoms with Crippen LogP contribution in [0.5, 0.6) is 0 Å². The molecule has 1 aromatic rings. The van der Waals surface area contributed by atoms with Gasteiger partial charge in [-0.15, -0.1) is 10.2 Å². The minimum Gasteiger partial charge on any atom is -0.391 e. The summed E-state index contributed by atoms with van der Waals surface area (Å²) < 4.78 is 1.83. The number of nitrogens with zero attached hydrogens (tertiary/aromatic N) is 5. The van der Waals surface area contributed by atoms with Gasteiger partial charge in [-0.1, -0.05) is 11.8 Å². The first-order valence-electron chi connectivity index (χ1n) is 9.28.